The molecular formula is C8H9BrClF2NO. The van der Waals surface area contributed by atoms with Gasteiger partial charge in [-0.15, -0.1) is 12.4 Å². The predicted octanol–water partition coefficient (Wildman–Crippen LogP) is 2.84. The van der Waals surface area contributed by atoms with Gasteiger partial charge in [0.15, 0.2) is 0 Å². The van der Waals surface area contributed by atoms with Gasteiger partial charge in [0.2, 0.25) is 0 Å². The second kappa shape index (κ2) is 5.48. The number of phenolic OH excluding ortho intramolecular Hbond substituents is 1. The van der Waals surface area contributed by atoms with Gasteiger partial charge >= 0.3 is 0 Å². The zero-order chi connectivity index (χ0) is 10.0. The first-order valence-corrected chi connectivity index (χ1v) is 4.34. The van der Waals surface area contributed by atoms with E-state index >= 15 is 0 Å². The molecule has 0 aliphatic rings. The third-order valence-electron chi connectivity index (χ3n) is 1.65. The van der Waals surface area contributed by atoms with E-state index in [0.29, 0.717) is 4.47 Å². The summed E-state index contributed by atoms with van der Waals surface area (Å²) < 4.78 is 24.7. The molecule has 0 fully saturated rings. The molecule has 0 spiro atoms. The molecule has 0 amide bonds. The van der Waals surface area contributed by atoms with E-state index < -0.39 is 12.5 Å². The van der Waals surface area contributed by atoms with Crippen molar-refractivity contribution in [2.24, 2.45) is 5.73 Å². The van der Waals surface area contributed by atoms with Crippen molar-refractivity contribution < 1.29 is 13.9 Å². The maximum atomic E-state index is 12.2. The summed E-state index contributed by atoms with van der Waals surface area (Å²) in [6.45, 7) is 0. The van der Waals surface area contributed by atoms with Crippen LogP contribution in [0, 0.1) is 0 Å². The summed E-state index contributed by atoms with van der Waals surface area (Å²) in [6, 6.07) is 3.02. The molecule has 0 aromatic heterocycles. The van der Waals surface area contributed by atoms with Crippen molar-refractivity contribution in [3.63, 3.8) is 0 Å². The first-order chi connectivity index (χ1) is 6.04. The molecule has 0 heterocycles. The highest BCUT2D eigenvalue weighted by Gasteiger charge is 2.21. The van der Waals surface area contributed by atoms with Crippen molar-refractivity contribution >= 4 is 28.3 Å². The topological polar surface area (TPSA) is 46.2 Å². The number of halogens is 4. The van der Waals surface area contributed by atoms with Crippen molar-refractivity contribution in [1.82, 2.24) is 0 Å². The molecule has 0 saturated heterocycles. The molecule has 0 saturated carbocycles. The Morgan fingerprint density at radius 2 is 1.93 bits per heavy atom. The van der Waals surface area contributed by atoms with Crippen LogP contribution in [-0.4, -0.2) is 11.5 Å². The fraction of sp³-hybridized carbons (Fsp3) is 0.250. The SMILES string of the molecule is Cl.N[C@H](c1cccc(Br)c1O)C(F)F. The van der Waals surface area contributed by atoms with Crippen LogP contribution in [0.25, 0.3) is 0 Å². The molecule has 1 atom stereocenters. The predicted molar refractivity (Wildman–Crippen MR) is 56.0 cm³/mol. The second-order valence-electron chi connectivity index (χ2n) is 2.54. The maximum absolute atomic E-state index is 12.2. The highest BCUT2D eigenvalue weighted by atomic mass is 79.9. The van der Waals surface area contributed by atoms with Gasteiger partial charge in [0, 0.05) is 5.56 Å². The van der Waals surface area contributed by atoms with Gasteiger partial charge in [0.05, 0.1) is 10.5 Å². The molecule has 2 nitrogen and oxygen atoms in total. The minimum atomic E-state index is -2.68. The Morgan fingerprint density at radius 1 is 1.36 bits per heavy atom. The average molecular weight is 289 g/mol. The number of aromatic hydroxyl groups is 1. The number of alkyl halides is 2. The van der Waals surface area contributed by atoms with Gasteiger partial charge in [-0.1, -0.05) is 12.1 Å². The highest BCUT2D eigenvalue weighted by Crippen LogP contribution is 2.32. The van der Waals surface area contributed by atoms with Crippen LogP contribution in [-0.2, 0) is 0 Å². The first kappa shape index (κ1) is 13.6. The van der Waals surface area contributed by atoms with Crippen LogP contribution in [0.3, 0.4) is 0 Å². The monoisotopic (exact) mass is 287 g/mol. The van der Waals surface area contributed by atoms with Gasteiger partial charge in [-0.3, -0.25) is 0 Å². The largest absolute Gasteiger partial charge is 0.506 e. The summed E-state index contributed by atoms with van der Waals surface area (Å²) in [5.74, 6) is -0.227. The molecule has 1 rings (SSSR count). The number of rotatable bonds is 2. The fourth-order valence-corrected chi connectivity index (χ4v) is 1.32. The zero-order valence-corrected chi connectivity index (χ0v) is 9.36. The Hall–Kier alpha value is -0.390. The van der Waals surface area contributed by atoms with Crippen molar-refractivity contribution in [2.75, 3.05) is 0 Å². The van der Waals surface area contributed by atoms with Crippen LogP contribution in [0.15, 0.2) is 22.7 Å². The van der Waals surface area contributed by atoms with E-state index in [4.69, 9.17) is 5.73 Å². The Kier molecular flexibility index (Phi) is 5.33. The van der Waals surface area contributed by atoms with E-state index in [0.717, 1.165) is 0 Å². The van der Waals surface area contributed by atoms with E-state index in [9.17, 15) is 13.9 Å². The summed E-state index contributed by atoms with van der Waals surface area (Å²) in [5, 5.41) is 9.36. The fourth-order valence-electron chi connectivity index (χ4n) is 0.937. The van der Waals surface area contributed by atoms with Crippen LogP contribution < -0.4 is 5.73 Å². The molecule has 14 heavy (non-hydrogen) atoms. The smallest absolute Gasteiger partial charge is 0.257 e. The lowest BCUT2D eigenvalue weighted by Crippen LogP contribution is -2.18. The zero-order valence-electron chi connectivity index (χ0n) is 6.95. The molecule has 6 heteroatoms. The maximum Gasteiger partial charge on any atom is 0.257 e. The van der Waals surface area contributed by atoms with Gasteiger partial charge in [-0.25, -0.2) is 8.78 Å². The highest BCUT2D eigenvalue weighted by molar-refractivity contribution is 9.10. The number of hydrogen-bond donors (Lipinski definition) is 2. The summed E-state index contributed by atoms with van der Waals surface area (Å²) in [4.78, 5) is 0. The summed E-state index contributed by atoms with van der Waals surface area (Å²) in [5.41, 5.74) is 5.22. The molecule has 0 bridgehead atoms. The molecule has 0 unspecified atom stereocenters. The van der Waals surface area contributed by atoms with Gasteiger partial charge in [-0.05, 0) is 22.0 Å². The standard InChI is InChI=1S/C8H8BrF2NO.ClH/c9-5-3-1-2-4(7(5)13)6(12)8(10)11;/h1-3,6,8,13H,12H2;1H/t6-;/m1./s1. The number of hydrogen-bond acceptors (Lipinski definition) is 2. The number of benzene rings is 1. The molecule has 1 aromatic rings. The quantitative estimate of drug-likeness (QED) is 0.879. The second-order valence-corrected chi connectivity index (χ2v) is 3.39. The van der Waals surface area contributed by atoms with Gasteiger partial charge in [-0.2, -0.15) is 0 Å². The third kappa shape index (κ3) is 2.80. The van der Waals surface area contributed by atoms with Crippen LogP contribution in [0.4, 0.5) is 8.78 Å². The van der Waals surface area contributed by atoms with Gasteiger partial charge in [0.1, 0.15) is 5.75 Å². The Labute approximate surface area is 94.6 Å². The van der Waals surface area contributed by atoms with Crippen LogP contribution in [0.5, 0.6) is 5.75 Å². The molecule has 0 aliphatic heterocycles. The van der Waals surface area contributed by atoms with Crippen molar-refractivity contribution in [3.8, 4) is 5.75 Å². The molecule has 1 aromatic carbocycles. The number of para-hydroxylation sites is 1. The van der Waals surface area contributed by atoms with Crippen LogP contribution >= 0.6 is 28.3 Å². The minimum absolute atomic E-state index is 0. The van der Waals surface area contributed by atoms with E-state index in [1.807, 2.05) is 0 Å². The molecule has 80 valence electrons. The molecular weight excluding hydrogens is 279 g/mol. The lowest BCUT2D eigenvalue weighted by molar-refractivity contribution is 0.115. The number of phenols is 1. The normalized spacial score (nSPS) is 12.4. The van der Waals surface area contributed by atoms with E-state index in [1.165, 1.54) is 6.07 Å². The number of nitrogens with two attached hydrogens (primary N) is 1. The summed E-state index contributed by atoms with van der Waals surface area (Å²) in [7, 11) is 0. The van der Waals surface area contributed by atoms with E-state index in [-0.39, 0.29) is 23.7 Å². The van der Waals surface area contributed by atoms with Crippen LogP contribution in [0.2, 0.25) is 0 Å². The first-order valence-electron chi connectivity index (χ1n) is 3.55. The lowest BCUT2D eigenvalue weighted by Gasteiger charge is -2.12. The van der Waals surface area contributed by atoms with Crippen molar-refractivity contribution in [1.29, 1.82) is 0 Å². The summed E-state index contributed by atoms with van der Waals surface area (Å²) in [6.07, 6.45) is -2.68. The van der Waals surface area contributed by atoms with E-state index in [1.54, 1.807) is 12.1 Å². The van der Waals surface area contributed by atoms with Crippen LogP contribution in [0.1, 0.15) is 11.6 Å². The Bertz CT molecular complexity index is 311. The average Bonchev–Trinajstić information content (AvgIpc) is 2.08. The lowest BCUT2D eigenvalue weighted by atomic mass is 10.1. The van der Waals surface area contributed by atoms with Crippen molar-refractivity contribution in [2.45, 2.75) is 12.5 Å². The van der Waals surface area contributed by atoms with Gasteiger partial charge < -0.3 is 10.8 Å². The Balaban J connectivity index is 0.00000169. The molecule has 0 radical (unpaired) electrons. The molecule has 0 aliphatic carbocycles. The van der Waals surface area contributed by atoms with Gasteiger partial charge in [0.25, 0.3) is 6.43 Å². The third-order valence-corrected chi connectivity index (χ3v) is 2.29. The van der Waals surface area contributed by atoms with E-state index in [2.05, 4.69) is 15.9 Å². The Morgan fingerprint density at radius 3 is 2.43 bits per heavy atom. The summed E-state index contributed by atoms with van der Waals surface area (Å²) >= 11 is 3.01. The minimum Gasteiger partial charge on any atom is -0.506 e. The molecule has 3 N–H and O–H groups in total. The van der Waals surface area contributed by atoms with Crippen molar-refractivity contribution in [3.05, 3.63) is 28.2 Å².